The molecular formula is C12H20N4O. The molecule has 2 rings (SSSR count). The third kappa shape index (κ3) is 2.85. The summed E-state index contributed by atoms with van der Waals surface area (Å²) in [4.78, 5) is 12.0. The van der Waals surface area contributed by atoms with E-state index >= 15 is 0 Å². The first-order valence-corrected chi connectivity index (χ1v) is 6.16. The fourth-order valence-electron chi connectivity index (χ4n) is 2.31. The summed E-state index contributed by atoms with van der Waals surface area (Å²) in [7, 11) is 1.86. The van der Waals surface area contributed by atoms with Crippen LogP contribution < -0.4 is 11.1 Å². The third-order valence-corrected chi connectivity index (χ3v) is 3.40. The van der Waals surface area contributed by atoms with Gasteiger partial charge in [0.05, 0.1) is 17.8 Å². The summed E-state index contributed by atoms with van der Waals surface area (Å²) in [5, 5.41) is 7.09. The van der Waals surface area contributed by atoms with E-state index in [0.29, 0.717) is 6.54 Å². The molecule has 5 nitrogen and oxygen atoms in total. The summed E-state index contributed by atoms with van der Waals surface area (Å²) in [5.74, 6) is -0.0390. The van der Waals surface area contributed by atoms with Crippen molar-refractivity contribution in [2.45, 2.75) is 44.2 Å². The summed E-state index contributed by atoms with van der Waals surface area (Å²) < 4.78 is 1.72. The highest BCUT2D eigenvalue weighted by Gasteiger charge is 2.34. The number of aryl methyl sites for hydroxylation is 1. The van der Waals surface area contributed by atoms with Crippen molar-refractivity contribution in [1.29, 1.82) is 0 Å². The molecule has 1 saturated carbocycles. The zero-order valence-corrected chi connectivity index (χ0v) is 10.3. The Morgan fingerprint density at radius 3 is 2.82 bits per heavy atom. The van der Waals surface area contributed by atoms with Gasteiger partial charge in [0.1, 0.15) is 0 Å². The Morgan fingerprint density at radius 1 is 1.53 bits per heavy atom. The van der Waals surface area contributed by atoms with Crippen molar-refractivity contribution < 1.29 is 4.79 Å². The van der Waals surface area contributed by atoms with Crippen LogP contribution in [0.15, 0.2) is 12.3 Å². The molecule has 1 amide bonds. The molecule has 0 bridgehead atoms. The number of carbonyl (C=O) groups is 1. The number of aromatic nitrogens is 2. The van der Waals surface area contributed by atoms with Crippen molar-refractivity contribution in [3.05, 3.63) is 18.0 Å². The van der Waals surface area contributed by atoms with E-state index in [-0.39, 0.29) is 5.91 Å². The Morgan fingerprint density at radius 2 is 2.24 bits per heavy atom. The van der Waals surface area contributed by atoms with Gasteiger partial charge in [-0.05, 0) is 18.9 Å². The minimum atomic E-state index is -0.660. The van der Waals surface area contributed by atoms with Crippen molar-refractivity contribution >= 4 is 5.91 Å². The number of hydrogen-bond acceptors (Lipinski definition) is 3. The van der Waals surface area contributed by atoms with Crippen molar-refractivity contribution in [2.24, 2.45) is 12.8 Å². The average molecular weight is 236 g/mol. The number of hydrogen-bond donors (Lipinski definition) is 2. The van der Waals surface area contributed by atoms with Gasteiger partial charge in [0.25, 0.3) is 0 Å². The highest BCUT2D eigenvalue weighted by atomic mass is 16.2. The second kappa shape index (κ2) is 4.87. The van der Waals surface area contributed by atoms with E-state index in [0.717, 1.165) is 31.4 Å². The number of nitrogens with two attached hydrogens (primary N) is 1. The SMILES string of the molecule is Cn1ccc(CNC(=O)C2(N)CCCCC2)n1. The fourth-order valence-corrected chi connectivity index (χ4v) is 2.31. The van der Waals surface area contributed by atoms with Gasteiger partial charge in [0, 0.05) is 13.2 Å². The Bertz CT molecular complexity index is 393. The van der Waals surface area contributed by atoms with Crippen LogP contribution >= 0.6 is 0 Å². The molecule has 0 atom stereocenters. The van der Waals surface area contributed by atoms with E-state index in [1.807, 2.05) is 19.3 Å². The van der Waals surface area contributed by atoms with Gasteiger partial charge in [-0.3, -0.25) is 9.48 Å². The number of nitrogens with one attached hydrogen (secondary N) is 1. The Labute approximate surface area is 101 Å². The standard InChI is InChI=1S/C12H20N4O/c1-16-8-5-10(15-16)9-14-11(17)12(13)6-3-2-4-7-12/h5,8H,2-4,6-7,9,13H2,1H3,(H,14,17). The molecule has 1 aliphatic carbocycles. The quantitative estimate of drug-likeness (QED) is 0.811. The second-order valence-electron chi connectivity index (χ2n) is 4.88. The molecule has 0 saturated heterocycles. The highest BCUT2D eigenvalue weighted by molar-refractivity contribution is 5.86. The first-order valence-electron chi connectivity index (χ1n) is 6.16. The van der Waals surface area contributed by atoms with Crippen LogP contribution in [-0.2, 0) is 18.4 Å². The smallest absolute Gasteiger partial charge is 0.240 e. The van der Waals surface area contributed by atoms with Gasteiger partial charge in [-0.1, -0.05) is 19.3 Å². The van der Waals surface area contributed by atoms with E-state index in [1.54, 1.807) is 4.68 Å². The Kier molecular flexibility index (Phi) is 3.47. The van der Waals surface area contributed by atoms with Crippen LogP contribution in [0.4, 0.5) is 0 Å². The largest absolute Gasteiger partial charge is 0.349 e. The van der Waals surface area contributed by atoms with Crippen LogP contribution in [0, 0.1) is 0 Å². The number of rotatable bonds is 3. The second-order valence-corrected chi connectivity index (χ2v) is 4.88. The minimum absolute atomic E-state index is 0.0390. The number of nitrogens with zero attached hydrogens (tertiary/aromatic N) is 2. The molecule has 1 heterocycles. The molecule has 1 aromatic heterocycles. The Hall–Kier alpha value is -1.36. The number of carbonyl (C=O) groups excluding carboxylic acids is 1. The molecule has 0 radical (unpaired) electrons. The van der Waals surface area contributed by atoms with Crippen molar-refractivity contribution in [3.8, 4) is 0 Å². The van der Waals surface area contributed by atoms with Gasteiger partial charge < -0.3 is 11.1 Å². The monoisotopic (exact) mass is 236 g/mol. The lowest BCUT2D eigenvalue weighted by molar-refractivity contribution is -0.127. The van der Waals surface area contributed by atoms with Crippen LogP contribution in [0.2, 0.25) is 0 Å². The van der Waals surface area contributed by atoms with Crippen molar-refractivity contribution in [2.75, 3.05) is 0 Å². The van der Waals surface area contributed by atoms with E-state index in [9.17, 15) is 4.79 Å². The summed E-state index contributed by atoms with van der Waals surface area (Å²) in [6, 6.07) is 1.89. The number of amides is 1. The predicted molar refractivity (Wildman–Crippen MR) is 65.1 cm³/mol. The van der Waals surface area contributed by atoms with Crippen molar-refractivity contribution in [1.82, 2.24) is 15.1 Å². The van der Waals surface area contributed by atoms with Gasteiger partial charge in [0.15, 0.2) is 0 Å². The van der Waals surface area contributed by atoms with Gasteiger partial charge >= 0.3 is 0 Å². The van der Waals surface area contributed by atoms with Crippen molar-refractivity contribution in [3.63, 3.8) is 0 Å². The zero-order valence-electron chi connectivity index (χ0n) is 10.3. The van der Waals surface area contributed by atoms with Gasteiger partial charge in [-0.2, -0.15) is 5.10 Å². The summed E-state index contributed by atoms with van der Waals surface area (Å²) >= 11 is 0. The molecular weight excluding hydrogens is 216 g/mol. The summed E-state index contributed by atoms with van der Waals surface area (Å²) in [6.07, 6.45) is 6.73. The lowest BCUT2D eigenvalue weighted by atomic mass is 9.82. The molecule has 1 aliphatic rings. The maximum absolute atomic E-state index is 12.0. The van der Waals surface area contributed by atoms with Gasteiger partial charge in [-0.25, -0.2) is 0 Å². The van der Waals surface area contributed by atoms with E-state index < -0.39 is 5.54 Å². The summed E-state index contributed by atoms with van der Waals surface area (Å²) in [6.45, 7) is 0.457. The highest BCUT2D eigenvalue weighted by Crippen LogP contribution is 2.25. The van der Waals surface area contributed by atoms with E-state index in [1.165, 1.54) is 6.42 Å². The maximum Gasteiger partial charge on any atom is 0.240 e. The molecule has 0 unspecified atom stereocenters. The first-order chi connectivity index (χ1) is 8.10. The summed E-state index contributed by atoms with van der Waals surface area (Å²) in [5.41, 5.74) is 6.34. The molecule has 0 spiro atoms. The lowest BCUT2D eigenvalue weighted by Gasteiger charge is -2.31. The molecule has 0 aromatic carbocycles. The molecule has 3 N–H and O–H groups in total. The fraction of sp³-hybridized carbons (Fsp3) is 0.667. The normalized spacial score (nSPS) is 18.9. The van der Waals surface area contributed by atoms with E-state index in [4.69, 9.17) is 5.73 Å². The minimum Gasteiger partial charge on any atom is -0.349 e. The van der Waals surface area contributed by atoms with Gasteiger partial charge in [0.2, 0.25) is 5.91 Å². The topological polar surface area (TPSA) is 72.9 Å². The van der Waals surface area contributed by atoms with Crippen LogP contribution in [0.5, 0.6) is 0 Å². The first kappa shape index (κ1) is 12.1. The molecule has 17 heavy (non-hydrogen) atoms. The lowest BCUT2D eigenvalue weighted by Crippen LogP contribution is -2.54. The van der Waals surface area contributed by atoms with Crippen LogP contribution in [0.25, 0.3) is 0 Å². The molecule has 0 aliphatic heterocycles. The van der Waals surface area contributed by atoms with Gasteiger partial charge in [-0.15, -0.1) is 0 Å². The molecule has 94 valence electrons. The van der Waals surface area contributed by atoms with Crippen LogP contribution in [0.3, 0.4) is 0 Å². The van der Waals surface area contributed by atoms with E-state index in [2.05, 4.69) is 10.4 Å². The maximum atomic E-state index is 12.0. The Balaban J connectivity index is 1.88. The third-order valence-electron chi connectivity index (χ3n) is 3.40. The molecule has 1 aromatic rings. The predicted octanol–water partition coefficient (Wildman–Crippen LogP) is 0.698. The van der Waals surface area contributed by atoms with Crippen LogP contribution in [-0.4, -0.2) is 21.2 Å². The molecule has 1 fully saturated rings. The average Bonchev–Trinajstić information content (AvgIpc) is 2.73. The van der Waals surface area contributed by atoms with Crippen LogP contribution in [0.1, 0.15) is 37.8 Å². The zero-order chi connectivity index (χ0) is 12.3. The molecule has 5 heteroatoms.